The van der Waals surface area contributed by atoms with Crippen LogP contribution in [0.2, 0.25) is 0 Å². The van der Waals surface area contributed by atoms with Gasteiger partial charge < -0.3 is 24.8 Å². The molecular weight excluding hydrogens is 468 g/mol. The minimum atomic E-state index is -0.539. The van der Waals surface area contributed by atoms with E-state index in [1.807, 2.05) is 37.4 Å². The van der Waals surface area contributed by atoms with Crippen molar-refractivity contribution in [1.82, 2.24) is 24.5 Å². The molecule has 35 heavy (non-hydrogen) atoms. The lowest BCUT2D eigenvalue weighted by molar-refractivity contribution is 0.0292. The van der Waals surface area contributed by atoms with Crippen LogP contribution >= 0.6 is 11.3 Å². The average Bonchev–Trinajstić information content (AvgIpc) is 3.53. The van der Waals surface area contributed by atoms with Crippen LogP contribution < -0.4 is 15.2 Å². The largest absolute Gasteiger partial charge is 0.497 e. The van der Waals surface area contributed by atoms with Crippen molar-refractivity contribution >= 4 is 39.0 Å². The maximum absolute atomic E-state index is 12.6. The Labute approximate surface area is 206 Å². The third-order valence-electron chi connectivity index (χ3n) is 5.98. The van der Waals surface area contributed by atoms with Crippen molar-refractivity contribution in [2.24, 2.45) is 0 Å². The molecule has 3 aromatic heterocycles. The van der Waals surface area contributed by atoms with Gasteiger partial charge in [-0.2, -0.15) is 5.10 Å². The van der Waals surface area contributed by atoms with Crippen LogP contribution in [0.25, 0.3) is 26.3 Å². The van der Waals surface area contributed by atoms with Gasteiger partial charge in [-0.1, -0.05) is 0 Å². The number of fused-ring (bicyclic) bond motifs is 2. The first kappa shape index (κ1) is 23.2. The van der Waals surface area contributed by atoms with E-state index in [1.165, 1.54) is 17.7 Å². The fourth-order valence-electron chi connectivity index (χ4n) is 4.40. The van der Waals surface area contributed by atoms with Crippen LogP contribution in [0.5, 0.6) is 11.5 Å². The summed E-state index contributed by atoms with van der Waals surface area (Å²) < 4.78 is 19.3. The first-order chi connectivity index (χ1) is 16.7. The number of aromatic nitrogens is 4. The van der Waals surface area contributed by atoms with E-state index in [0.717, 1.165) is 32.9 Å². The van der Waals surface area contributed by atoms with Crippen molar-refractivity contribution in [2.45, 2.75) is 38.7 Å². The van der Waals surface area contributed by atoms with Gasteiger partial charge in [0.05, 0.1) is 24.4 Å². The molecule has 0 spiro atoms. The van der Waals surface area contributed by atoms with Crippen molar-refractivity contribution in [1.29, 1.82) is 0 Å². The molecule has 0 aliphatic carbocycles. The van der Waals surface area contributed by atoms with E-state index < -0.39 is 5.60 Å². The molecule has 0 bridgehead atoms. The molecule has 4 heterocycles. The number of carbonyl (C=O) groups excluding carboxylic acids is 1. The summed E-state index contributed by atoms with van der Waals surface area (Å²) in [6.07, 6.45) is 1.93. The molecule has 1 atom stereocenters. The van der Waals surface area contributed by atoms with Gasteiger partial charge in [0.15, 0.2) is 5.82 Å². The second-order valence-corrected chi connectivity index (χ2v) is 10.5. The monoisotopic (exact) mass is 496 g/mol. The molecule has 0 radical (unpaired) electrons. The fourth-order valence-corrected chi connectivity index (χ4v) is 5.46. The van der Waals surface area contributed by atoms with Gasteiger partial charge in [-0.05, 0) is 33.3 Å². The number of benzene rings is 1. The van der Waals surface area contributed by atoms with Gasteiger partial charge in [-0.15, -0.1) is 11.3 Å². The molecule has 1 fully saturated rings. The SMILES string of the molecule is COc1cc(OC)c2sc(-c3cc([C@H]4CCN(C(=O)OC(C)(C)C)C4)n4ncnc(N)c34)nc2c1. The molecule has 10 nitrogen and oxygen atoms in total. The quantitative estimate of drug-likeness (QED) is 0.444. The molecule has 1 aromatic carbocycles. The van der Waals surface area contributed by atoms with Crippen LogP contribution in [0.4, 0.5) is 10.6 Å². The molecule has 1 aliphatic rings. The number of likely N-dealkylation sites (tertiary alicyclic amines) is 1. The zero-order valence-electron chi connectivity index (χ0n) is 20.4. The number of nitrogens with zero attached hydrogens (tertiary/aromatic N) is 5. The second-order valence-electron chi connectivity index (χ2n) is 9.50. The Hall–Kier alpha value is -3.60. The summed E-state index contributed by atoms with van der Waals surface area (Å²) in [5.74, 6) is 1.80. The minimum absolute atomic E-state index is 0.0714. The van der Waals surface area contributed by atoms with Crippen LogP contribution in [-0.2, 0) is 4.74 Å². The lowest BCUT2D eigenvalue weighted by Gasteiger charge is -2.24. The fraction of sp³-hybridized carbons (Fsp3) is 0.417. The van der Waals surface area contributed by atoms with E-state index >= 15 is 0 Å². The lowest BCUT2D eigenvalue weighted by atomic mass is 10.0. The van der Waals surface area contributed by atoms with Crippen LogP contribution in [0.3, 0.4) is 0 Å². The smallest absolute Gasteiger partial charge is 0.410 e. The first-order valence-corrected chi connectivity index (χ1v) is 12.1. The Bertz CT molecular complexity index is 1420. The topological polar surface area (TPSA) is 117 Å². The number of rotatable bonds is 4. The number of amides is 1. The number of ether oxygens (including phenoxy) is 3. The van der Waals surface area contributed by atoms with Crippen LogP contribution in [-0.4, -0.2) is 63.5 Å². The molecule has 1 aliphatic heterocycles. The van der Waals surface area contributed by atoms with Gasteiger partial charge in [-0.25, -0.2) is 19.3 Å². The number of hydrogen-bond donors (Lipinski definition) is 1. The summed E-state index contributed by atoms with van der Waals surface area (Å²) in [4.78, 5) is 23.4. The lowest BCUT2D eigenvalue weighted by Crippen LogP contribution is -2.35. The standard InChI is InChI=1S/C24H28N6O4S/c1-24(2,3)34-23(31)29-7-6-13(11-29)17-10-15(19-21(25)26-12-27-30(17)19)22-28-16-8-14(32-4)9-18(33-5)20(16)35-22/h8-10,12-13H,6-7,11H2,1-5H3,(H2,25,26,27)/t13-/m0/s1. The highest BCUT2D eigenvalue weighted by Gasteiger charge is 2.33. The molecule has 2 N–H and O–H groups in total. The van der Waals surface area contributed by atoms with E-state index in [2.05, 4.69) is 16.1 Å². The Morgan fingerprint density at radius 1 is 1.20 bits per heavy atom. The Morgan fingerprint density at radius 3 is 2.71 bits per heavy atom. The number of carbonyl (C=O) groups is 1. The summed E-state index contributed by atoms with van der Waals surface area (Å²) in [6.45, 7) is 6.75. The van der Waals surface area contributed by atoms with Gasteiger partial charge in [0.25, 0.3) is 0 Å². The molecule has 5 rings (SSSR count). The highest BCUT2D eigenvalue weighted by Crippen LogP contribution is 2.42. The van der Waals surface area contributed by atoms with Crippen molar-refractivity contribution in [3.8, 4) is 22.1 Å². The second kappa shape index (κ2) is 8.56. The molecule has 11 heteroatoms. The van der Waals surface area contributed by atoms with Crippen molar-refractivity contribution in [2.75, 3.05) is 33.0 Å². The number of methoxy groups -OCH3 is 2. The van der Waals surface area contributed by atoms with Crippen LogP contribution in [0.15, 0.2) is 24.5 Å². The normalized spacial score (nSPS) is 16.3. The van der Waals surface area contributed by atoms with E-state index in [9.17, 15) is 4.79 Å². The van der Waals surface area contributed by atoms with Gasteiger partial charge in [-0.3, -0.25) is 0 Å². The molecule has 1 saturated heterocycles. The Morgan fingerprint density at radius 2 is 2.00 bits per heavy atom. The molecule has 184 valence electrons. The van der Waals surface area contributed by atoms with Crippen molar-refractivity contribution < 1.29 is 19.0 Å². The summed E-state index contributed by atoms with van der Waals surface area (Å²) in [7, 11) is 3.24. The van der Waals surface area contributed by atoms with Gasteiger partial charge in [0.2, 0.25) is 0 Å². The predicted molar refractivity (Wildman–Crippen MR) is 134 cm³/mol. The molecular formula is C24H28N6O4S. The van der Waals surface area contributed by atoms with Gasteiger partial charge in [0, 0.05) is 42.4 Å². The van der Waals surface area contributed by atoms with Crippen LogP contribution in [0.1, 0.15) is 38.8 Å². The molecule has 1 amide bonds. The Kier molecular flexibility index (Phi) is 5.66. The summed E-state index contributed by atoms with van der Waals surface area (Å²) >= 11 is 1.51. The number of hydrogen-bond acceptors (Lipinski definition) is 9. The molecule has 0 unspecified atom stereocenters. The summed E-state index contributed by atoms with van der Waals surface area (Å²) in [5.41, 5.74) is 9.05. The third-order valence-corrected chi connectivity index (χ3v) is 7.10. The summed E-state index contributed by atoms with van der Waals surface area (Å²) in [5, 5.41) is 5.28. The van der Waals surface area contributed by atoms with Gasteiger partial charge in [0.1, 0.15) is 34.0 Å². The maximum Gasteiger partial charge on any atom is 0.410 e. The third kappa shape index (κ3) is 4.20. The first-order valence-electron chi connectivity index (χ1n) is 11.3. The zero-order chi connectivity index (χ0) is 24.9. The number of nitrogens with two attached hydrogens (primary N) is 1. The molecule has 0 saturated carbocycles. The number of thiazole rings is 1. The summed E-state index contributed by atoms with van der Waals surface area (Å²) in [6, 6.07) is 5.78. The minimum Gasteiger partial charge on any atom is -0.497 e. The van der Waals surface area contributed by atoms with Crippen molar-refractivity contribution in [3.63, 3.8) is 0 Å². The number of nitrogen functional groups attached to an aromatic ring is 1. The Balaban J connectivity index is 1.56. The number of anilines is 1. The zero-order valence-corrected chi connectivity index (χ0v) is 21.2. The van der Waals surface area contributed by atoms with E-state index in [4.69, 9.17) is 24.9 Å². The highest BCUT2D eigenvalue weighted by atomic mass is 32.1. The van der Waals surface area contributed by atoms with E-state index in [0.29, 0.717) is 35.9 Å². The van der Waals surface area contributed by atoms with Crippen molar-refractivity contribution in [3.05, 3.63) is 30.2 Å². The van der Waals surface area contributed by atoms with Gasteiger partial charge >= 0.3 is 6.09 Å². The maximum atomic E-state index is 12.6. The molecule has 4 aromatic rings. The average molecular weight is 497 g/mol. The van der Waals surface area contributed by atoms with Crippen LogP contribution in [0, 0.1) is 0 Å². The van der Waals surface area contributed by atoms with E-state index in [-0.39, 0.29) is 12.0 Å². The highest BCUT2D eigenvalue weighted by molar-refractivity contribution is 7.22. The predicted octanol–water partition coefficient (Wildman–Crippen LogP) is 4.33. The van der Waals surface area contributed by atoms with E-state index in [1.54, 1.807) is 19.1 Å².